The summed E-state index contributed by atoms with van der Waals surface area (Å²) in [7, 11) is 1.63. The van der Waals surface area contributed by atoms with Gasteiger partial charge in [-0.3, -0.25) is 9.80 Å². The summed E-state index contributed by atoms with van der Waals surface area (Å²) in [5.74, 6) is 1.59. The van der Waals surface area contributed by atoms with Crippen molar-refractivity contribution < 1.29 is 14.3 Å². The summed E-state index contributed by atoms with van der Waals surface area (Å²) in [5.41, 5.74) is 5.37. The van der Waals surface area contributed by atoms with E-state index in [0.29, 0.717) is 36.5 Å². The maximum atomic E-state index is 13.0. The van der Waals surface area contributed by atoms with Crippen molar-refractivity contribution in [3.8, 4) is 23.1 Å². The molecule has 4 aromatic heterocycles. The van der Waals surface area contributed by atoms with E-state index in [-0.39, 0.29) is 6.09 Å². The van der Waals surface area contributed by atoms with Gasteiger partial charge in [-0.05, 0) is 82.4 Å². The van der Waals surface area contributed by atoms with Crippen molar-refractivity contribution >= 4 is 23.0 Å². The van der Waals surface area contributed by atoms with E-state index in [1.807, 2.05) is 45.4 Å². The number of hydrogen-bond acceptors (Lipinski definition) is 9. The van der Waals surface area contributed by atoms with Crippen molar-refractivity contribution in [2.75, 3.05) is 31.6 Å². The normalized spacial score (nSPS) is 20.6. The standard InChI is InChI=1S/C37H42N8O3/c1-36(2,3)48-35(46)44-12-11-25(15-37(44,4)5)27-13-31(34-28(16-38)19-41-45(34)21-27)26-8-9-32(39-18-26)42-22-29-14-30(23-42)43(29)20-24-7-10-33(47-6)40-17-24/h7-11,13,17-19,21,29-30H,12,14-15,20,22-23H2,1-6H3. The Balaban J connectivity index is 1.11. The topological polar surface area (TPSA) is 112 Å². The number of anilines is 1. The van der Waals surface area contributed by atoms with Crippen LogP contribution in [0.3, 0.4) is 0 Å². The zero-order valence-electron chi connectivity index (χ0n) is 28.5. The van der Waals surface area contributed by atoms with E-state index in [4.69, 9.17) is 14.5 Å². The van der Waals surface area contributed by atoms with Gasteiger partial charge in [0, 0.05) is 79.6 Å². The van der Waals surface area contributed by atoms with Crippen molar-refractivity contribution in [3.05, 3.63) is 77.9 Å². The summed E-state index contributed by atoms with van der Waals surface area (Å²) >= 11 is 0. The van der Waals surface area contributed by atoms with Gasteiger partial charge in [0.1, 0.15) is 17.5 Å². The number of methoxy groups -OCH3 is 1. The Kier molecular flexibility index (Phi) is 7.87. The number of fused-ring (bicyclic) bond motifs is 3. The van der Waals surface area contributed by atoms with Crippen LogP contribution in [0.5, 0.6) is 5.88 Å². The lowest BCUT2D eigenvalue weighted by atomic mass is 9.86. The maximum Gasteiger partial charge on any atom is 0.411 e. The predicted octanol–water partition coefficient (Wildman–Crippen LogP) is 5.94. The number of carbonyl (C=O) groups excluding carboxylic acids is 1. The highest BCUT2D eigenvalue weighted by Crippen LogP contribution is 2.39. The van der Waals surface area contributed by atoms with Crippen LogP contribution in [0.4, 0.5) is 10.6 Å². The monoisotopic (exact) mass is 646 g/mol. The molecular weight excluding hydrogens is 604 g/mol. The number of piperidine rings is 1. The van der Waals surface area contributed by atoms with E-state index in [9.17, 15) is 10.1 Å². The average Bonchev–Trinajstić information content (AvgIpc) is 3.49. The van der Waals surface area contributed by atoms with Gasteiger partial charge in [0.25, 0.3) is 0 Å². The van der Waals surface area contributed by atoms with Crippen LogP contribution in [-0.2, 0) is 11.3 Å². The van der Waals surface area contributed by atoms with E-state index in [0.717, 1.165) is 53.2 Å². The third-order valence-corrected chi connectivity index (χ3v) is 9.69. The maximum absolute atomic E-state index is 13.0. The molecule has 0 aromatic carbocycles. The Morgan fingerprint density at radius 2 is 1.85 bits per heavy atom. The van der Waals surface area contributed by atoms with E-state index in [2.05, 4.69) is 70.1 Å². The minimum Gasteiger partial charge on any atom is -0.481 e. The van der Waals surface area contributed by atoms with Crippen LogP contribution in [0, 0.1) is 11.3 Å². The second kappa shape index (κ2) is 11.9. The Bertz CT molecular complexity index is 1910. The number of aromatic nitrogens is 4. The second-order valence-corrected chi connectivity index (χ2v) is 14.6. The van der Waals surface area contributed by atoms with Gasteiger partial charge in [0.15, 0.2) is 0 Å². The summed E-state index contributed by atoms with van der Waals surface area (Å²) in [4.78, 5) is 29.0. The SMILES string of the molecule is COc1ccc(CN2C3CC2CN(c2ccc(-c4cc(C5=CCN(C(=O)OC(C)(C)C)C(C)(C)C5)cn5ncc(C#N)c45)cn2)C3)cn1. The predicted molar refractivity (Wildman–Crippen MR) is 183 cm³/mol. The van der Waals surface area contributed by atoms with Gasteiger partial charge >= 0.3 is 6.09 Å². The Morgan fingerprint density at radius 3 is 2.48 bits per heavy atom. The van der Waals surface area contributed by atoms with Crippen LogP contribution in [0.1, 0.15) is 64.2 Å². The minimum absolute atomic E-state index is 0.316. The molecule has 11 nitrogen and oxygen atoms in total. The third-order valence-electron chi connectivity index (χ3n) is 9.69. The zero-order valence-corrected chi connectivity index (χ0v) is 28.5. The van der Waals surface area contributed by atoms with Gasteiger partial charge < -0.3 is 14.4 Å². The van der Waals surface area contributed by atoms with E-state index >= 15 is 0 Å². The highest BCUT2D eigenvalue weighted by Gasteiger charge is 2.44. The summed E-state index contributed by atoms with van der Waals surface area (Å²) in [6, 6.07) is 13.6. The number of carbonyl (C=O) groups is 1. The van der Waals surface area contributed by atoms with Crippen molar-refractivity contribution in [1.29, 1.82) is 5.26 Å². The molecule has 0 saturated carbocycles. The fourth-order valence-corrected chi connectivity index (χ4v) is 7.24. The lowest BCUT2D eigenvalue weighted by Gasteiger charge is -2.56. The lowest BCUT2D eigenvalue weighted by molar-refractivity contribution is -0.00877. The first-order chi connectivity index (χ1) is 22.9. The van der Waals surface area contributed by atoms with Crippen LogP contribution in [-0.4, -0.2) is 85.4 Å². The molecule has 3 fully saturated rings. The molecular formula is C37H42N8O3. The number of hydrogen-bond donors (Lipinski definition) is 0. The Hall–Kier alpha value is -4.95. The van der Waals surface area contributed by atoms with Gasteiger partial charge in [-0.2, -0.15) is 10.4 Å². The number of nitriles is 1. The highest BCUT2D eigenvalue weighted by atomic mass is 16.6. The van der Waals surface area contributed by atoms with E-state index in [1.54, 1.807) is 22.7 Å². The molecule has 248 valence electrons. The van der Waals surface area contributed by atoms with E-state index in [1.165, 1.54) is 12.0 Å². The number of nitrogens with zero attached hydrogens (tertiary/aromatic N) is 8. The van der Waals surface area contributed by atoms with Crippen molar-refractivity contribution in [2.24, 2.45) is 0 Å². The fraction of sp³-hybridized carbons (Fsp3) is 0.432. The molecule has 4 aliphatic heterocycles. The molecule has 2 atom stereocenters. The quantitative estimate of drug-likeness (QED) is 0.251. The molecule has 0 aliphatic carbocycles. The van der Waals surface area contributed by atoms with Crippen molar-refractivity contribution in [3.63, 3.8) is 0 Å². The molecule has 0 N–H and O–H groups in total. The molecule has 4 aliphatic rings. The molecule has 2 bridgehead atoms. The smallest absolute Gasteiger partial charge is 0.411 e. The molecule has 8 rings (SSSR count). The molecule has 1 amide bonds. The number of rotatable bonds is 6. The number of piperazine rings is 1. The van der Waals surface area contributed by atoms with Crippen LogP contribution in [0.25, 0.3) is 22.2 Å². The van der Waals surface area contributed by atoms with Gasteiger partial charge in [-0.15, -0.1) is 0 Å². The first kappa shape index (κ1) is 31.6. The molecule has 8 heterocycles. The lowest BCUT2D eigenvalue weighted by Crippen LogP contribution is -2.68. The molecule has 48 heavy (non-hydrogen) atoms. The van der Waals surface area contributed by atoms with Crippen molar-refractivity contribution in [1.82, 2.24) is 29.4 Å². The van der Waals surface area contributed by atoms with Crippen LogP contribution >= 0.6 is 0 Å². The fourth-order valence-electron chi connectivity index (χ4n) is 7.24. The Labute approximate surface area is 281 Å². The van der Waals surface area contributed by atoms with Crippen LogP contribution in [0.15, 0.2) is 61.2 Å². The number of amides is 1. The van der Waals surface area contributed by atoms with E-state index < -0.39 is 11.1 Å². The average molecular weight is 647 g/mol. The summed E-state index contributed by atoms with van der Waals surface area (Å²) in [6.45, 7) is 13.0. The first-order valence-electron chi connectivity index (χ1n) is 16.5. The number of ether oxygens (including phenoxy) is 2. The largest absolute Gasteiger partial charge is 0.481 e. The Morgan fingerprint density at radius 1 is 1.06 bits per heavy atom. The number of pyridine rings is 3. The molecule has 2 unspecified atom stereocenters. The minimum atomic E-state index is -0.566. The van der Waals surface area contributed by atoms with Gasteiger partial charge in [-0.1, -0.05) is 12.1 Å². The second-order valence-electron chi connectivity index (χ2n) is 14.6. The van der Waals surface area contributed by atoms with Gasteiger partial charge in [-0.25, -0.2) is 19.3 Å². The molecule has 0 radical (unpaired) electrons. The third kappa shape index (κ3) is 5.97. The first-order valence-corrected chi connectivity index (χ1v) is 16.5. The van der Waals surface area contributed by atoms with Crippen molar-refractivity contribution in [2.45, 2.75) is 77.2 Å². The molecule has 3 saturated heterocycles. The zero-order chi connectivity index (χ0) is 33.8. The summed E-state index contributed by atoms with van der Waals surface area (Å²) in [5, 5.41) is 14.5. The molecule has 0 spiro atoms. The summed E-state index contributed by atoms with van der Waals surface area (Å²) in [6.07, 6.45) is 11.0. The van der Waals surface area contributed by atoms with Crippen LogP contribution in [0.2, 0.25) is 0 Å². The molecule has 4 aromatic rings. The highest BCUT2D eigenvalue weighted by molar-refractivity contribution is 5.87. The molecule has 11 heteroatoms. The summed E-state index contributed by atoms with van der Waals surface area (Å²) < 4.78 is 12.7. The van der Waals surface area contributed by atoms with Crippen LogP contribution < -0.4 is 9.64 Å². The van der Waals surface area contributed by atoms with Gasteiger partial charge in [0.2, 0.25) is 5.88 Å². The van der Waals surface area contributed by atoms with Gasteiger partial charge in [0.05, 0.1) is 24.4 Å².